The number of aliphatic hydroxyl groups is 2. The normalized spacial score (nSPS) is 12.2. The third-order valence-electron chi connectivity index (χ3n) is 3.95. The van der Waals surface area contributed by atoms with Gasteiger partial charge in [0.25, 0.3) is 0 Å². The summed E-state index contributed by atoms with van der Waals surface area (Å²) in [6.45, 7) is 4.88. The Hall–Kier alpha value is -1.61. The van der Waals surface area contributed by atoms with Crippen LogP contribution in [-0.2, 0) is 0 Å². The Morgan fingerprint density at radius 1 is 1.36 bits per heavy atom. The van der Waals surface area contributed by atoms with Gasteiger partial charge in [-0.05, 0) is 24.5 Å². The molecule has 2 heterocycles. The van der Waals surface area contributed by atoms with Crippen LogP contribution in [0.5, 0.6) is 0 Å². The van der Waals surface area contributed by atoms with E-state index in [2.05, 4.69) is 18.8 Å². The standard InChI is InChI=1S/C20H29N3O3S2/c1-14(2)13-23(20(26)22(3)4)17-11-16(27-10-6-9-24)19(28-17)18(25)15-7-5-8-21-12-15/h5,7-8,11-12,14,18,24-25H,6,9-10,13H2,1-4H3. The van der Waals surface area contributed by atoms with Crippen molar-refractivity contribution in [2.45, 2.75) is 31.3 Å². The highest BCUT2D eigenvalue weighted by Gasteiger charge is 2.25. The van der Waals surface area contributed by atoms with Gasteiger partial charge in [0.05, 0.1) is 4.88 Å². The number of aromatic nitrogens is 1. The second kappa shape index (κ2) is 10.8. The highest BCUT2D eigenvalue weighted by Crippen LogP contribution is 2.42. The fourth-order valence-corrected chi connectivity index (χ4v) is 5.01. The molecular formula is C20H29N3O3S2. The third-order valence-corrected chi connectivity index (χ3v) is 6.43. The zero-order chi connectivity index (χ0) is 20.7. The van der Waals surface area contributed by atoms with Gasteiger partial charge in [-0.3, -0.25) is 9.88 Å². The van der Waals surface area contributed by atoms with Crippen molar-refractivity contribution in [3.8, 4) is 0 Å². The molecule has 0 radical (unpaired) electrons. The predicted octanol–water partition coefficient (Wildman–Crippen LogP) is 3.84. The van der Waals surface area contributed by atoms with E-state index in [1.54, 1.807) is 54.1 Å². The van der Waals surface area contributed by atoms with Crippen LogP contribution in [0.4, 0.5) is 9.80 Å². The van der Waals surface area contributed by atoms with E-state index in [0.29, 0.717) is 24.4 Å². The van der Waals surface area contributed by atoms with Crippen molar-refractivity contribution in [2.24, 2.45) is 5.92 Å². The third kappa shape index (κ3) is 5.94. The molecule has 0 aliphatic heterocycles. The fraction of sp³-hybridized carbons (Fsp3) is 0.500. The largest absolute Gasteiger partial charge is 0.396 e. The van der Waals surface area contributed by atoms with Crippen molar-refractivity contribution in [3.63, 3.8) is 0 Å². The summed E-state index contributed by atoms with van der Waals surface area (Å²) in [5, 5.41) is 20.9. The molecule has 28 heavy (non-hydrogen) atoms. The molecule has 2 N–H and O–H groups in total. The molecule has 2 amide bonds. The molecule has 1 atom stereocenters. The maximum Gasteiger partial charge on any atom is 0.324 e. The van der Waals surface area contributed by atoms with E-state index in [-0.39, 0.29) is 12.6 Å². The Kier molecular flexibility index (Phi) is 8.75. The predicted molar refractivity (Wildman–Crippen MR) is 116 cm³/mol. The lowest BCUT2D eigenvalue weighted by Crippen LogP contribution is -2.40. The molecule has 0 saturated heterocycles. The number of thiophene rings is 1. The van der Waals surface area contributed by atoms with Crippen LogP contribution in [0.2, 0.25) is 0 Å². The van der Waals surface area contributed by atoms with E-state index in [1.165, 1.54) is 11.3 Å². The van der Waals surface area contributed by atoms with Gasteiger partial charge in [-0.25, -0.2) is 4.79 Å². The number of amides is 2. The highest BCUT2D eigenvalue weighted by molar-refractivity contribution is 7.99. The van der Waals surface area contributed by atoms with Crippen LogP contribution in [0, 0.1) is 5.92 Å². The average Bonchev–Trinajstić information content (AvgIpc) is 3.09. The minimum absolute atomic E-state index is 0.0794. The maximum atomic E-state index is 12.7. The minimum Gasteiger partial charge on any atom is -0.396 e. The Balaban J connectivity index is 2.42. The second-order valence-corrected chi connectivity index (χ2v) is 9.31. The van der Waals surface area contributed by atoms with Gasteiger partial charge in [0.2, 0.25) is 0 Å². The van der Waals surface area contributed by atoms with Crippen LogP contribution >= 0.6 is 23.1 Å². The van der Waals surface area contributed by atoms with Crippen molar-refractivity contribution in [3.05, 3.63) is 41.0 Å². The Bertz CT molecular complexity index is 750. The number of hydrogen-bond donors (Lipinski definition) is 2. The van der Waals surface area contributed by atoms with Gasteiger partial charge >= 0.3 is 6.03 Å². The quantitative estimate of drug-likeness (QED) is 0.473. The topological polar surface area (TPSA) is 76.9 Å². The second-order valence-electron chi connectivity index (χ2n) is 7.11. The first kappa shape index (κ1) is 22.7. The summed E-state index contributed by atoms with van der Waals surface area (Å²) >= 11 is 3.02. The smallest absolute Gasteiger partial charge is 0.324 e. The fourth-order valence-electron chi connectivity index (χ4n) is 2.62. The van der Waals surface area contributed by atoms with E-state index in [0.717, 1.165) is 20.5 Å². The Morgan fingerprint density at radius 3 is 2.68 bits per heavy atom. The number of hydrogen-bond acceptors (Lipinski definition) is 6. The van der Waals surface area contributed by atoms with Crippen LogP contribution < -0.4 is 4.90 Å². The lowest BCUT2D eigenvalue weighted by molar-refractivity contribution is 0.221. The van der Waals surface area contributed by atoms with Gasteiger partial charge in [0.1, 0.15) is 11.1 Å². The molecule has 0 spiro atoms. The number of carbonyl (C=O) groups is 1. The van der Waals surface area contributed by atoms with Crippen molar-refractivity contribution < 1.29 is 15.0 Å². The van der Waals surface area contributed by atoms with Crippen molar-refractivity contribution in [1.29, 1.82) is 0 Å². The Labute approximate surface area is 175 Å². The van der Waals surface area contributed by atoms with Crippen LogP contribution in [0.3, 0.4) is 0 Å². The SMILES string of the molecule is CC(C)CN(C(=O)N(C)C)c1cc(SCCCO)c(C(O)c2cccnc2)s1. The van der Waals surface area contributed by atoms with E-state index in [4.69, 9.17) is 5.11 Å². The van der Waals surface area contributed by atoms with Crippen LogP contribution in [-0.4, -0.2) is 59.1 Å². The molecule has 0 aromatic carbocycles. The summed E-state index contributed by atoms with van der Waals surface area (Å²) in [5.74, 6) is 1.05. The Morgan fingerprint density at radius 2 is 2.11 bits per heavy atom. The highest BCUT2D eigenvalue weighted by atomic mass is 32.2. The number of anilines is 1. The van der Waals surface area contributed by atoms with Crippen LogP contribution in [0.25, 0.3) is 0 Å². The van der Waals surface area contributed by atoms with Crippen molar-refractivity contribution in [2.75, 3.05) is 37.9 Å². The lowest BCUT2D eigenvalue weighted by atomic mass is 10.1. The zero-order valence-corrected chi connectivity index (χ0v) is 18.5. The van der Waals surface area contributed by atoms with Crippen LogP contribution in [0.15, 0.2) is 35.5 Å². The number of carbonyl (C=O) groups excluding carboxylic acids is 1. The summed E-state index contributed by atoms with van der Waals surface area (Å²) in [7, 11) is 3.48. The number of urea groups is 1. The van der Waals surface area contributed by atoms with E-state index in [1.807, 2.05) is 12.1 Å². The van der Waals surface area contributed by atoms with Gasteiger partial charge in [0.15, 0.2) is 0 Å². The van der Waals surface area contributed by atoms with Gasteiger partial charge < -0.3 is 15.1 Å². The van der Waals surface area contributed by atoms with Gasteiger partial charge in [-0.1, -0.05) is 19.9 Å². The molecule has 2 aromatic rings. The van der Waals surface area contributed by atoms with Gasteiger partial charge in [-0.15, -0.1) is 23.1 Å². The molecule has 0 fully saturated rings. The summed E-state index contributed by atoms with van der Waals surface area (Å²) in [6.07, 6.45) is 3.19. The molecular weight excluding hydrogens is 394 g/mol. The summed E-state index contributed by atoms with van der Waals surface area (Å²) < 4.78 is 0. The molecule has 0 saturated carbocycles. The number of rotatable bonds is 9. The van der Waals surface area contributed by atoms with Crippen LogP contribution in [0.1, 0.15) is 36.8 Å². The zero-order valence-electron chi connectivity index (χ0n) is 16.8. The molecule has 6 nitrogen and oxygen atoms in total. The van der Waals surface area contributed by atoms with E-state index >= 15 is 0 Å². The van der Waals surface area contributed by atoms with Gasteiger partial charge in [0, 0.05) is 55.9 Å². The number of aliphatic hydroxyl groups excluding tert-OH is 2. The van der Waals surface area contributed by atoms with Gasteiger partial charge in [-0.2, -0.15) is 0 Å². The maximum absolute atomic E-state index is 12.7. The average molecular weight is 424 g/mol. The first-order chi connectivity index (χ1) is 13.3. The molecule has 8 heteroatoms. The first-order valence-electron chi connectivity index (χ1n) is 9.29. The molecule has 154 valence electrons. The molecule has 0 aliphatic rings. The molecule has 0 bridgehead atoms. The molecule has 2 aromatic heterocycles. The number of pyridine rings is 1. The monoisotopic (exact) mass is 423 g/mol. The summed E-state index contributed by atoms with van der Waals surface area (Å²) in [5.41, 5.74) is 0.717. The first-order valence-corrected chi connectivity index (χ1v) is 11.1. The van der Waals surface area contributed by atoms with Crippen molar-refractivity contribution in [1.82, 2.24) is 9.88 Å². The molecule has 1 unspecified atom stereocenters. The number of nitrogens with zero attached hydrogens (tertiary/aromatic N) is 3. The van der Waals surface area contributed by atoms with E-state index in [9.17, 15) is 9.90 Å². The summed E-state index contributed by atoms with van der Waals surface area (Å²) in [4.78, 5) is 21.9. The summed E-state index contributed by atoms with van der Waals surface area (Å²) in [6, 6.07) is 5.54. The molecule has 0 aliphatic carbocycles. The van der Waals surface area contributed by atoms with E-state index < -0.39 is 6.10 Å². The van der Waals surface area contributed by atoms with Crippen molar-refractivity contribution >= 4 is 34.1 Å². The molecule has 2 rings (SSSR count). The number of thioether (sulfide) groups is 1. The minimum atomic E-state index is -0.806. The lowest BCUT2D eigenvalue weighted by Gasteiger charge is -2.26.